The summed E-state index contributed by atoms with van der Waals surface area (Å²) in [6, 6.07) is 9.91. The fraction of sp³-hybridized carbons (Fsp3) is 0.368. The van der Waals surface area contributed by atoms with Crippen LogP contribution in [0.5, 0.6) is 0 Å². The van der Waals surface area contributed by atoms with E-state index in [0.29, 0.717) is 23.4 Å². The van der Waals surface area contributed by atoms with Gasteiger partial charge in [0.1, 0.15) is 5.69 Å². The number of aliphatic hydroxyl groups excluding tert-OH is 1. The van der Waals surface area contributed by atoms with Gasteiger partial charge in [-0.15, -0.1) is 11.8 Å². The van der Waals surface area contributed by atoms with Crippen LogP contribution in [0.3, 0.4) is 0 Å². The molecule has 1 heterocycles. The maximum absolute atomic E-state index is 12.2. The normalized spacial score (nSPS) is 11.8. The molecule has 1 aromatic carbocycles. The van der Waals surface area contributed by atoms with Gasteiger partial charge in [0.2, 0.25) is 0 Å². The van der Waals surface area contributed by atoms with E-state index in [4.69, 9.17) is 4.74 Å². The van der Waals surface area contributed by atoms with Crippen molar-refractivity contribution in [3.63, 3.8) is 0 Å². The van der Waals surface area contributed by atoms with E-state index in [0.717, 1.165) is 10.6 Å². The van der Waals surface area contributed by atoms with Gasteiger partial charge >= 0.3 is 5.97 Å². The summed E-state index contributed by atoms with van der Waals surface area (Å²) in [4.78, 5) is 28.0. The molecule has 7 heteroatoms. The van der Waals surface area contributed by atoms with Crippen LogP contribution in [0.2, 0.25) is 0 Å². The largest absolute Gasteiger partial charge is 0.451 e. The van der Waals surface area contributed by atoms with Gasteiger partial charge in [0, 0.05) is 28.5 Å². The number of hydrogen-bond acceptors (Lipinski definition) is 5. The maximum atomic E-state index is 12.2. The second-order valence-electron chi connectivity index (χ2n) is 5.93. The highest BCUT2D eigenvalue weighted by atomic mass is 32.2. The van der Waals surface area contributed by atoms with Gasteiger partial charge < -0.3 is 20.1 Å². The van der Waals surface area contributed by atoms with E-state index in [-0.39, 0.29) is 18.2 Å². The van der Waals surface area contributed by atoms with Gasteiger partial charge in [-0.3, -0.25) is 4.79 Å². The number of amides is 1. The summed E-state index contributed by atoms with van der Waals surface area (Å²) in [5.74, 6) is -0.217. The molecule has 0 saturated heterocycles. The quantitative estimate of drug-likeness (QED) is 0.374. The Balaban J connectivity index is 1.75. The number of carbonyl (C=O) groups excluding carboxylic acids is 2. The van der Waals surface area contributed by atoms with Gasteiger partial charge in [-0.1, -0.05) is 18.2 Å². The number of aryl methyl sites for hydroxylation is 1. The molecule has 1 aromatic heterocycles. The van der Waals surface area contributed by atoms with Gasteiger partial charge in [-0.05, 0) is 38.5 Å². The Labute approximate surface area is 157 Å². The molecule has 3 N–H and O–H groups in total. The fourth-order valence-electron chi connectivity index (χ4n) is 2.73. The summed E-state index contributed by atoms with van der Waals surface area (Å²) in [6.45, 7) is 5.31. The third-order valence-electron chi connectivity index (χ3n) is 3.89. The molecule has 1 amide bonds. The summed E-state index contributed by atoms with van der Waals surface area (Å²) in [6.07, 6.45) is -0.682. The first-order chi connectivity index (χ1) is 12.4. The lowest BCUT2D eigenvalue weighted by Crippen LogP contribution is -2.30. The van der Waals surface area contributed by atoms with Crippen LogP contribution in [0, 0.1) is 13.8 Å². The van der Waals surface area contributed by atoms with E-state index in [2.05, 4.69) is 10.3 Å². The van der Waals surface area contributed by atoms with Crippen molar-refractivity contribution in [3.05, 3.63) is 52.8 Å². The monoisotopic (exact) mass is 376 g/mol. The van der Waals surface area contributed by atoms with Gasteiger partial charge in [-0.25, -0.2) is 4.79 Å². The van der Waals surface area contributed by atoms with E-state index in [9.17, 15) is 14.7 Å². The molecule has 0 aliphatic carbocycles. The van der Waals surface area contributed by atoms with Crippen molar-refractivity contribution < 1.29 is 19.4 Å². The molecule has 140 valence electrons. The molecule has 6 nitrogen and oxygen atoms in total. The molecule has 0 fully saturated rings. The Morgan fingerprint density at radius 2 is 1.96 bits per heavy atom. The van der Waals surface area contributed by atoms with Crippen LogP contribution in [-0.2, 0) is 9.53 Å². The van der Waals surface area contributed by atoms with Gasteiger partial charge in [-0.2, -0.15) is 0 Å². The van der Waals surface area contributed by atoms with Gasteiger partial charge in [0.05, 0.1) is 6.10 Å². The molecule has 1 atom stereocenters. The molecule has 0 spiro atoms. The van der Waals surface area contributed by atoms with E-state index in [1.807, 2.05) is 30.3 Å². The molecule has 0 saturated carbocycles. The highest BCUT2D eigenvalue weighted by Gasteiger charge is 2.21. The summed E-state index contributed by atoms with van der Waals surface area (Å²) >= 11 is 1.64. The summed E-state index contributed by atoms with van der Waals surface area (Å²) in [7, 11) is 0. The lowest BCUT2D eigenvalue weighted by atomic mass is 10.1. The first-order valence-corrected chi connectivity index (χ1v) is 9.37. The van der Waals surface area contributed by atoms with Crippen molar-refractivity contribution in [1.29, 1.82) is 0 Å². The molecule has 0 radical (unpaired) electrons. The Morgan fingerprint density at radius 3 is 2.58 bits per heavy atom. The first-order valence-electron chi connectivity index (χ1n) is 8.39. The Bertz CT molecular complexity index is 756. The molecule has 26 heavy (non-hydrogen) atoms. The zero-order chi connectivity index (χ0) is 19.1. The number of hydrogen-bond donors (Lipinski definition) is 3. The number of ether oxygens (including phenoxy) is 1. The smallest absolute Gasteiger partial charge is 0.355 e. The van der Waals surface area contributed by atoms with Crippen LogP contribution in [-0.4, -0.2) is 40.9 Å². The molecular formula is C19H24N2O4S. The number of esters is 1. The van der Waals surface area contributed by atoms with Crippen LogP contribution in [0.1, 0.15) is 40.3 Å². The zero-order valence-electron chi connectivity index (χ0n) is 15.2. The molecular weight excluding hydrogens is 352 g/mol. The minimum Gasteiger partial charge on any atom is -0.451 e. The van der Waals surface area contributed by atoms with Gasteiger partial charge in [0.15, 0.2) is 6.61 Å². The number of rotatable bonds is 8. The SMILES string of the molecule is Cc1[nH]c(C(=O)OCC(=O)NCCSc2ccccc2)c(C)c1[C@H](C)O. The molecule has 2 aromatic rings. The lowest BCUT2D eigenvalue weighted by Gasteiger charge is -2.07. The van der Waals surface area contributed by atoms with Crippen molar-refractivity contribution in [1.82, 2.24) is 10.3 Å². The molecule has 0 bridgehead atoms. The number of thioether (sulfide) groups is 1. The lowest BCUT2D eigenvalue weighted by molar-refractivity contribution is -0.124. The Hall–Kier alpha value is -2.25. The Kier molecular flexibility index (Phi) is 7.29. The topological polar surface area (TPSA) is 91.4 Å². The van der Waals surface area contributed by atoms with Crippen molar-refractivity contribution >= 4 is 23.6 Å². The minimum atomic E-state index is -0.682. The number of aromatic amines is 1. The average Bonchev–Trinajstić information content (AvgIpc) is 2.92. The summed E-state index contributed by atoms with van der Waals surface area (Å²) < 4.78 is 5.06. The minimum absolute atomic E-state index is 0.269. The van der Waals surface area contributed by atoms with Crippen LogP contribution in [0.15, 0.2) is 35.2 Å². The third-order valence-corrected chi connectivity index (χ3v) is 4.90. The number of carbonyl (C=O) groups is 2. The van der Waals surface area contributed by atoms with E-state index < -0.39 is 12.1 Å². The molecule has 2 rings (SSSR count). The third kappa shape index (κ3) is 5.37. The van der Waals surface area contributed by atoms with Crippen LogP contribution < -0.4 is 5.32 Å². The first kappa shape index (κ1) is 20.1. The van der Waals surface area contributed by atoms with Crippen LogP contribution in [0.25, 0.3) is 0 Å². The second kappa shape index (κ2) is 9.45. The molecule has 0 aliphatic heterocycles. The highest BCUT2D eigenvalue weighted by molar-refractivity contribution is 7.99. The second-order valence-corrected chi connectivity index (χ2v) is 7.10. The number of H-pyrrole nitrogens is 1. The van der Waals surface area contributed by atoms with E-state index in [1.165, 1.54) is 0 Å². The maximum Gasteiger partial charge on any atom is 0.355 e. The van der Waals surface area contributed by atoms with E-state index >= 15 is 0 Å². The van der Waals surface area contributed by atoms with Crippen LogP contribution >= 0.6 is 11.8 Å². The van der Waals surface area contributed by atoms with Crippen LogP contribution in [0.4, 0.5) is 0 Å². The van der Waals surface area contributed by atoms with Crippen molar-refractivity contribution in [2.24, 2.45) is 0 Å². The van der Waals surface area contributed by atoms with Crippen molar-refractivity contribution in [3.8, 4) is 0 Å². The van der Waals surface area contributed by atoms with Gasteiger partial charge in [0.25, 0.3) is 5.91 Å². The number of aliphatic hydroxyl groups is 1. The highest BCUT2D eigenvalue weighted by Crippen LogP contribution is 2.24. The molecule has 0 aliphatic rings. The summed E-state index contributed by atoms with van der Waals surface area (Å²) in [5, 5.41) is 12.5. The van der Waals surface area contributed by atoms with Crippen molar-refractivity contribution in [2.45, 2.75) is 31.8 Å². The standard InChI is InChI=1S/C19H24N2O4S/c1-12-17(14(3)22)13(2)21-18(12)19(24)25-11-16(23)20-9-10-26-15-7-5-4-6-8-15/h4-8,14,21-22H,9-11H2,1-3H3,(H,20,23)/t14-/m0/s1. The number of nitrogens with one attached hydrogen (secondary N) is 2. The van der Waals surface area contributed by atoms with E-state index in [1.54, 1.807) is 32.5 Å². The number of benzene rings is 1. The fourth-order valence-corrected chi connectivity index (χ4v) is 3.52. The molecule has 0 unspecified atom stereocenters. The Morgan fingerprint density at radius 1 is 1.27 bits per heavy atom. The van der Waals surface area contributed by atoms with Crippen molar-refractivity contribution in [2.75, 3.05) is 18.9 Å². The average molecular weight is 376 g/mol. The predicted octanol–water partition coefficient (Wildman–Crippen LogP) is 2.75. The predicted molar refractivity (Wildman–Crippen MR) is 101 cm³/mol. The summed E-state index contributed by atoms with van der Waals surface area (Å²) in [5.41, 5.74) is 2.30. The number of aromatic nitrogens is 1. The zero-order valence-corrected chi connectivity index (χ0v) is 16.0.